The fourth-order valence-corrected chi connectivity index (χ4v) is 4.70. The number of nitrogens with two attached hydrogens (primary N) is 1. The fraction of sp³-hybridized carbons (Fsp3) is 0.435. The van der Waals surface area contributed by atoms with E-state index in [1.54, 1.807) is 11.1 Å². The van der Waals surface area contributed by atoms with Crippen LogP contribution in [-0.4, -0.2) is 58.4 Å². The van der Waals surface area contributed by atoms with Crippen molar-refractivity contribution in [2.75, 3.05) is 32.0 Å². The van der Waals surface area contributed by atoms with E-state index in [9.17, 15) is 18.0 Å². The monoisotopic (exact) mass is 475 g/mol. The molecule has 0 bridgehead atoms. The van der Waals surface area contributed by atoms with Gasteiger partial charge in [-0.2, -0.15) is 0 Å². The van der Waals surface area contributed by atoms with Crippen molar-refractivity contribution in [3.8, 4) is 5.75 Å². The number of aromatic nitrogens is 3. The lowest BCUT2D eigenvalue weighted by atomic mass is 9.90. The lowest BCUT2D eigenvalue weighted by Gasteiger charge is -2.32. The molecular formula is C23H24F3N5O3. The van der Waals surface area contributed by atoms with Crippen LogP contribution in [0.25, 0.3) is 11.2 Å². The van der Waals surface area contributed by atoms with Crippen LogP contribution in [0.1, 0.15) is 52.7 Å². The van der Waals surface area contributed by atoms with Gasteiger partial charge >= 0.3 is 6.36 Å². The molecule has 11 heteroatoms. The number of anilines is 1. The molecule has 34 heavy (non-hydrogen) atoms. The number of ether oxygens (including phenoxy) is 2. The summed E-state index contributed by atoms with van der Waals surface area (Å²) in [6.07, 6.45) is 1.32. The van der Waals surface area contributed by atoms with E-state index in [0.29, 0.717) is 19.7 Å². The topological polar surface area (TPSA) is 106 Å². The highest BCUT2D eigenvalue weighted by Crippen LogP contribution is 2.34. The van der Waals surface area contributed by atoms with E-state index in [4.69, 9.17) is 15.5 Å². The Balaban J connectivity index is 1.27. The molecule has 2 aliphatic rings. The molecule has 0 saturated carbocycles. The van der Waals surface area contributed by atoms with Crippen LogP contribution < -0.4 is 10.5 Å². The van der Waals surface area contributed by atoms with Gasteiger partial charge < -0.3 is 25.1 Å². The minimum atomic E-state index is -4.82. The van der Waals surface area contributed by atoms with E-state index >= 15 is 0 Å². The van der Waals surface area contributed by atoms with E-state index in [1.807, 2.05) is 6.20 Å². The normalized spacial score (nSPS) is 19.6. The van der Waals surface area contributed by atoms with Gasteiger partial charge in [-0.15, -0.1) is 13.2 Å². The second-order valence-corrected chi connectivity index (χ2v) is 8.66. The molecule has 1 aromatic carbocycles. The summed E-state index contributed by atoms with van der Waals surface area (Å²) in [6.45, 7) is 2.40. The molecule has 1 amide bonds. The second-order valence-electron chi connectivity index (χ2n) is 8.66. The fourth-order valence-electron chi connectivity index (χ4n) is 4.70. The van der Waals surface area contributed by atoms with Crippen LogP contribution in [0.5, 0.6) is 5.75 Å². The summed E-state index contributed by atoms with van der Waals surface area (Å²) in [7, 11) is 0. The molecule has 2 aliphatic heterocycles. The van der Waals surface area contributed by atoms with Gasteiger partial charge in [0, 0.05) is 49.1 Å². The molecule has 3 N–H and O–H groups in total. The third kappa shape index (κ3) is 4.52. The largest absolute Gasteiger partial charge is 0.573 e. The SMILES string of the molecule is Nc1cc(OC(F)(F)F)ccc1C(=O)N1CCC(c2c[nH]c3ncc([C@H]4CCOC4)nc23)CC1. The summed E-state index contributed by atoms with van der Waals surface area (Å²) >= 11 is 0. The van der Waals surface area contributed by atoms with Gasteiger partial charge in [-0.3, -0.25) is 4.79 Å². The van der Waals surface area contributed by atoms with Crippen molar-refractivity contribution in [2.45, 2.75) is 37.5 Å². The standard InChI is InChI=1S/C23H24F3N5O3/c24-23(25,26)34-15-1-2-16(18(27)9-15)22(32)31-6-3-13(4-7-31)17-10-28-21-20(17)30-19(11-29-21)14-5-8-33-12-14/h1-2,9-11,13-14H,3-8,12,27H2,(H,28,29)/t14-/m0/s1. The van der Waals surface area contributed by atoms with Crippen molar-refractivity contribution in [3.63, 3.8) is 0 Å². The molecule has 3 aromatic rings. The van der Waals surface area contributed by atoms with Crippen LogP contribution in [0.2, 0.25) is 0 Å². The Morgan fingerprint density at radius 1 is 1.21 bits per heavy atom. The van der Waals surface area contributed by atoms with Crippen molar-refractivity contribution in [3.05, 3.63) is 47.4 Å². The number of fused-ring (bicyclic) bond motifs is 1. The average molecular weight is 475 g/mol. The van der Waals surface area contributed by atoms with Crippen molar-refractivity contribution in [2.24, 2.45) is 0 Å². The van der Waals surface area contributed by atoms with Gasteiger partial charge in [0.25, 0.3) is 5.91 Å². The maximum absolute atomic E-state index is 13.0. The summed E-state index contributed by atoms with van der Waals surface area (Å²) in [6, 6.07) is 3.39. The van der Waals surface area contributed by atoms with Gasteiger partial charge in [0.1, 0.15) is 11.3 Å². The molecule has 0 spiro atoms. The maximum Gasteiger partial charge on any atom is 0.573 e. The van der Waals surface area contributed by atoms with Gasteiger partial charge in [-0.05, 0) is 37.3 Å². The van der Waals surface area contributed by atoms with Crippen LogP contribution in [0.4, 0.5) is 18.9 Å². The number of H-pyrrole nitrogens is 1. The highest BCUT2D eigenvalue weighted by molar-refractivity contribution is 5.99. The second kappa shape index (κ2) is 8.79. The molecule has 180 valence electrons. The van der Waals surface area contributed by atoms with Gasteiger partial charge in [0.2, 0.25) is 0 Å². The Hall–Kier alpha value is -3.34. The van der Waals surface area contributed by atoms with E-state index in [-0.39, 0.29) is 29.0 Å². The molecule has 5 rings (SSSR count). The quantitative estimate of drug-likeness (QED) is 0.554. The molecule has 2 fully saturated rings. The van der Waals surface area contributed by atoms with E-state index in [2.05, 4.69) is 14.7 Å². The van der Waals surface area contributed by atoms with Crippen LogP contribution in [0.15, 0.2) is 30.6 Å². The predicted molar refractivity (Wildman–Crippen MR) is 117 cm³/mol. The number of piperidine rings is 1. The highest BCUT2D eigenvalue weighted by atomic mass is 19.4. The summed E-state index contributed by atoms with van der Waals surface area (Å²) in [5.41, 5.74) is 9.59. The van der Waals surface area contributed by atoms with Crippen molar-refractivity contribution in [1.82, 2.24) is 19.9 Å². The summed E-state index contributed by atoms with van der Waals surface area (Å²) in [4.78, 5) is 27.2. The average Bonchev–Trinajstić information content (AvgIpc) is 3.48. The van der Waals surface area contributed by atoms with Crippen LogP contribution in [-0.2, 0) is 4.74 Å². The van der Waals surface area contributed by atoms with Crippen molar-refractivity contribution >= 4 is 22.8 Å². The highest BCUT2D eigenvalue weighted by Gasteiger charge is 2.32. The molecule has 0 aliphatic carbocycles. The predicted octanol–water partition coefficient (Wildman–Crippen LogP) is 3.96. The van der Waals surface area contributed by atoms with Crippen LogP contribution >= 0.6 is 0 Å². The Kier molecular flexibility index (Phi) is 5.80. The van der Waals surface area contributed by atoms with Gasteiger partial charge in [-0.25, -0.2) is 9.97 Å². The van der Waals surface area contributed by atoms with E-state index in [1.165, 1.54) is 6.07 Å². The number of amides is 1. The number of hydrogen-bond acceptors (Lipinski definition) is 6. The first-order valence-corrected chi connectivity index (χ1v) is 11.1. The van der Waals surface area contributed by atoms with Crippen molar-refractivity contribution in [1.29, 1.82) is 0 Å². The molecule has 8 nitrogen and oxygen atoms in total. The first kappa shape index (κ1) is 22.5. The summed E-state index contributed by atoms with van der Waals surface area (Å²) < 4.78 is 46.6. The molecule has 2 aromatic heterocycles. The zero-order valence-corrected chi connectivity index (χ0v) is 18.3. The lowest BCUT2D eigenvalue weighted by molar-refractivity contribution is -0.274. The van der Waals surface area contributed by atoms with Gasteiger partial charge in [-0.1, -0.05) is 0 Å². The first-order chi connectivity index (χ1) is 16.3. The zero-order valence-electron chi connectivity index (χ0n) is 18.3. The van der Waals surface area contributed by atoms with Crippen LogP contribution in [0, 0.1) is 0 Å². The van der Waals surface area contributed by atoms with E-state index < -0.39 is 12.1 Å². The number of likely N-dealkylation sites (tertiary alicyclic amines) is 1. The Morgan fingerprint density at radius 2 is 2.00 bits per heavy atom. The molecule has 4 heterocycles. The number of nitrogens with zero attached hydrogens (tertiary/aromatic N) is 3. The maximum atomic E-state index is 13.0. The lowest BCUT2D eigenvalue weighted by Crippen LogP contribution is -2.38. The summed E-state index contributed by atoms with van der Waals surface area (Å²) in [5, 5.41) is 0. The molecule has 0 unspecified atom stereocenters. The number of aromatic amines is 1. The number of nitrogen functional groups attached to an aromatic ring is 1. The van der Waals surface area contributed by atoms with Gasteiger partial charge in [0.15, 0.2) is 5.65 Å². The number of halogens is 3. The zero-order chi connectivity index (χ0) is 23.9. The van der Waals surface area contributed by atoms with Gasteiger partial charge in [0.05, 0.1) is 24.1 Å². The van der Waals surface area contributed by atoms with Crippen LogP contribution in [0.3, 0.4) is 0 Å². The first-order valence-electron chi connectivity index (χ1n) is 11.1. The number of benzene rings is 1. The number of alkyl halides is 3. The molecule has 2 saturated heterocycles. The third-order valence-electron chi connectivity index (χ3n) is 6.49. The third-order valence-corrected chi connectivity index (χ3v) is 6.49. The number of carbonyl (C=O) groups excluding carboxylic acids is 1. The number of rotatable bonds is 4. The minimum absolute atomic E-state index is 0.0517. The summed E-state index contributed by atoms with van der Waals surface area (Å²) in [5.74, 6) is -0.291. The number of hydrogen-bond donors (Lipinski definition) is 2. The molecule has 0 radical (unpaired) electrons. The molecule has 1 atom stereocenters. The van der Waals surface area contributed by atoms with E-state index in [0.717, 1.165) is 60.4 Å². The Morgan fingerprint density at radius 3 is 2.68 bits per heavy atom. The smallest absolute Gasteiger partial charge is 0.406 e. The Labute approximate surface area is 193 Å². The number of carbonyl (C=O) groups is 1. The minimum Gasteiger partial charge on any atom is -0.406 e. The Bertz CT molecular complexity index is 1200. The van der Waals surface area contributed by atoms with Crippen molar-refractivity contribution < 1.29 is 27.4 Å². The molecular weight excluding hydrogens is 451 g/mol. The number of nitrogens with one attached hydrogen (secondary N) is 1.